The quantitative estimate of drug-likeness (QED) is 0.159. The third-order valence-corrected chi connectivity index (χ3v) is 12.6. The molecule has 0 atom stereocenters. The number of anilines is 3. The van der Waals surface area contributed by atoms with Crippen LogP contribution in [-0.4, -0.2) is 0 Å². The molecule has 0 N–H and O–H groups in total. The molecule has 1 heteroatoms. The van der Waals surface area contributed by atoms with Crippen LogP contribution < -0.4 is 4.90 Å². The first-order valence-corrected chi connectivity index (χ1v) is 19.8. The number of rotatable bonds is 7. The summed E-state index contributed by atoms with van der Waals surface area (Å²) < 4.78 is 0. The Balaban J connectivity index is 1.36. The normalized spacial score (nSPS) is 14.3. The van der Waals surface area contributed by atoms with Crippen molar-refractivity contribution < 1.29 is 0 Å². The topological polar surface area (TPSA) is 3.24 Å². The molecule has 0 aliphatic heterocycles. The lowest BCUT2D eigenvalue weighted by Gasteiger charge is -2.37. The largest absolute Gasteiger partial charge is 0.309 e. The second kappa shape index (κ2) is 13.1. The number of nitrogens with zero attached hydrogens (tertiary/aromatic N) is 1. The second-order valence-electron chi connectivity index (χ2n) is 16.5. The number of benzene rings is 7. The van der Waals surface area contributed by atoms with Gasteiger partial charge in [-0.2, -0.15) is 0 Å². The van der Waals surface area contributed by atoms with Gasteiger partial charge < -0.3 is 4.90 Å². The van der Waals surface area contributed by atoms with Gasteiger partial charge >= 0.3 is 0 Å². The van der Waals surface area contributed by atoms with Crippen molar-refractivity contribution in [3.8, 4) is 11.1 Å². The van der Waals surface area contributed by atoms with E-state index in [-0.39, 0.29) is 10.8 Å². The molecule has 2 aliphatic carbocycles. The number of hydrogen-bond donors (Lipinski definition) is 0. The van der Waals surface area contributed by atoms with E-state index in [4.69, 9.17) is 0 Å². The highest BCUT2D eigenvalue weighted by Gasteiger charge is 2.39. The van der Waals surface area contributed by atoms with Crippen molar-refractivity contribution in [2.24, 2.45) is 0 Å². The zero-order chi connectivity index (χ0) is 38.1. The van der Waals surface area contributed by atoms with E-state index in [1.165, 1.54) is 94.1 Å². The highest BCUT2D eigenvalue weighted by molar-refractivity contribution is 6.11. The summed E-state index contributed by atoms with van der Waals surface area (Å²) in [5.41, 5.74) is 17.7. The zero-order valence-corrected chi connectivity index (χ0v) is 33.0. The minimum absolute atomic E-state index is 0.187. The predicted octanol–water partition coefficient (Wildman–Crippen LogP) is 15.0. The molecule has 55 heavy (non-hydrogen) atoms. The van der Waals surface area contributed by atoms with E-state index in [1.54, 1.807) is 0 Å². The summed E-state index contributed by atoms with van der Waals surface area (Å²) >= 11 is 0. The van der Waals surface area contributed by atoms with Crippen molar-refractivity contribution in [3.05, 3.63) is 190 Å². The van der Waals surface area contributed by atoms with Crippen molar-refractivity contribution >= 4 is 56.8 Å². The molecule has 270 valence electrons. The van der Waals surface area contributed by atoms with E-state index in [0.29, 0.717) is 0 Å². The number of aryl methyl sites for hydroxylation is 1. The fourth-order valence-electron chi connectivity index (χ4n) is 9.84. The molecule has 0 fully saturated rings. The SMILES string of the molecule is C=Cc1c(/C=C\C)cccc1C(C)(C)c1cc2c(c(N(c3ccccc3)c3cc4c(c5ccccc35)-c3cc5ccccc5cc3C4(C)C)c1C)C=CCC2. The van der Waals surface area contributed by atoms with Crippen LogP contribution in [0.2, 0.25) is 0 Å². The van der Waals surface area contributed by atoms with Gasteiger partial charge in [0.05, 0.1) is 11.4 Å². The lowest BCUT2D eigenvalue weighted by atomic mass is 9.71. The minimum atomic E-state index is -0.301. The molecule has 7 aromatic rings. The number of allylic oxidation sites excluding steroid dienone is 2. The predicted molar refractivity (Wildman–Crippen MR) is 239 cm³/mol. The van der Waals surface area contributed by atoms with Gasteiger partial charge in [-0.25, -0.2) is 0 Å². The maximum atomic E-state index is 4.31. The van der Waals surface area contributed by atoms with Crippen LogP contribution in [0.15, 0.2) is 140 Å². The minimum Gasteiger partial charge on any atom is -0.309 e. The summed E-state index contributed by atoms with van der Waals surface area (Å²) in [4.78, 5) is 2.59. The van der Waals surface area contributed by atoms with Gasteiger partial charge in [0.1, 0.15) is 0 Å². The molecule has 0 spiro atoms. The van der Waals surface area contributed by atoms with Crippen LogP contribution in [0.4, 0.5) is 17.1 Å². The Morgan fingerprint density at radius 2 is 1.45 bits per heavy atom. The summed E-state index contributed by atoms with van der Waals surface area (Å²) in [6, 6.07) is 45.6. The highest BCUT2D eigenvalue weighted by Crippen LogP contribution is 2.56. The van der Waals surface area contributed by atoms with Gasteiger partial charge in [0.15, 0.2) is 0 Å². The zero-order valence-electron chi connectivity index (χ0n) is 33.0. The number of hydrogen-bond acceptors (Lipinski definition) is 1. The molecule has 0 amide bonds. The molecule has 7 aromatic carbocycles. The van der Waals surface area contributed by atoms with E-state index in [0.717, 1.165) is 18.5 Å². The summed E-state index contributed by atoms with van der Waals surface area (Å²) in [5, 5.41) is 5.13. The lowest BCUT2D eigenvalue weighted by molar-refractivity contribution is 0.633. The van der Waals surface area contributed by atoms with Gasteiger partial charge in [-0.1, -0.05) is 156 Å². The van der Waals surface area contributed by atoms with Crippen LogP contribution in [0, 0.1) is 6.92 Å². The fourth-order valence-corrected chi connectivity index (χ4v) is 9.84. The van der Waals surface area contributed by atoms with Crippen LogP contribution in [0.1, 0.15) is 91.1 Å². The average molecular weight is 712 g/mol. The molecule has 0 saturated heterocycles. The summed E-state index contributed by atoms with van der Waals surface area (Å²) in [6.07, 6.45) is 13.2. The smallest absolute Gasteiger partial charge is 0.0569 e. The molecule has 9 rings (SSSR count). The van der Waals surface area contributed by atoms with Gasteiger partial charge in [-0.3, -0.25) is 0 Å². The Morgan fingerprint density at radius 1 is 0.745 bits per heavy atom. The first-order chi connectivity index (χ1) is 26.6. The highest BCUT2D eigenvalue weighted by atomic mass is 15.1. The Kier molecular flexibility index (Phi) is 8.32. The van der Waals surface area contributed by atoms with Crippen LogP contribution in [0.3, 0.4) is 0 Å². The fraction of sp³-hybridized carbons (Fsp3) is 0.185. The molecule has 0 unspecified atom stereocenters. The van der Waals surface area contributed by atoms with E-state index < -0.39 is 0 Å². The van der Waals surface area contributed by atoms with Crippen LogP contribution >= 0.6 is 0 Å². The molecule has 0 aromatic heterocycles. The van der Waals surface area contributed by atoms with Crippen LogP contribution in [0.25, 0.3) is 50.9 Å². The standard InChI is InChI=1S/C54H49N/c1-8-20-36-24-19-30-46(41(36)9-2)53(4,5)47-33-39-23-15-16-27-42(39)52(35(47)3)55(40-25-11-10-12-26-40)50-34-49-51(44-29-18-17-28-43(44)50)45-31-37-21-13-14-22-38(37)32-48(45)54(49,6)7/h8-14,16-22,24-34H,2,15,23H2,1,3-7H3/b20-8-. The Morgan fingerprint density at radius 3 is 2.20 bits per heavy atom. The van der Waals surface area contributed by atoms with Gasteiger partial charge in [-0.15, -0.1) is 0 Å². The van der Waals surface area contributed by atoms with Crippen LogP contribution in [0.5, 0.6) is 0 Å². The lowest BCUT2D eigenvalue weighted by Crippen LogP contribution is -2.25. The summed E-state index contributed by atoms with van der Waals surface area (Å²) in [5.74, 6) is 0. The Hall–Kier alpha value is -5.92. The van der Waals surface area contributed by atoms with Crippen molar-refractivity contribution in [1.82, 2.24) is 0 Å². The molecule has 0 bridgehead atoms. The van der Waals surface area contributed by atoms with Crippen LogP contribution in [-0.2, 0) is 17.3 Å². The second-order valence-corrected chi connectivity index (χ2v) is 16.5. The maximum absolute atomic E-state index is 4.31. The van der Waals surface area contributed by atoms with E-state index in [1.807, 2.05) is 6.08 Å². The van der Waals surface area contributed by atoms with E-state index >= 15 is 0 Å². The van der Waals surface area contributed by atoms with Crippen molar-refractivity contribution in [2.75, 3.05) is 4.90 Å². The molecule has 0 heterocycles. The molecular weight excluding hydrogens is 663 g/mol. The Bertz CT molecular complexity index is 2740. The summed E-state index contributed by atoms with van der Waals surface area (Å²) in [6.45, 7) is 18.4. The first-order valence-electron chi connectivity index (χ1n) is 19.8. The molecule has 1 nitrogen and oxygen atoms in total. The van der Waals surface area contributed by atoms with Gasteiger partial charge in [0, 0.05) is 27.5 Å². The molecule has 2 aliphatic rings. The monoisotopic (exact) mass is 711 g/mol. The molecule has 0 radical (unpaired) electrons. The maximum Gasteiger partial charge on any atom is 0.0569 e. The third kappa shape index (κ3) is 5.35. The van der Waals surface area contributed by atoms with E-state index in [9.17, 15) is 0 Å². The number of fused-ring (bicyclic) bond motifs is 7. The average Bonchev–Trinajstić information content (AvgIpc) is 3.42. The van der Waals surface area contributed by atoms with Gasteiger partial charge in [0.25, 0.3) is 0 Å². The molecule has 0 saturated carbocycles. The number of para-hydroxylation sites is 1. The van der Waals surface area contributed by atoms with Crippen molar-refractivity contribution in [1.29, 1.82) is 0 Å². The third-order valence-electron chi connectivity index (χ3n) is 12.6. The van der Waals surface area contributed by atoms with Crippen molar-refractivity contribution in [2.45, 2.75) is 65.2 Å². The summed E-state index contributed by atoms with van der Waals surface area (Å²) in [7, 11) is 0. The van der Waals surface area contributed by atoms with Crippen molar-refractivity contribution in [3.63, 3.8) is 0 Å². The molecular formula is C54H49N. The van der Waals surface area contributed by atoms with Gasteiger partial charge in [0.2, 0.25) is 0 Å². The first kappa shape index (κ1) is 34.8. The van der Waals surface area contributed by atoms with E-state index in [2.05, 4.69) is 199 Å². The van der Waals surface area contributed by atoms with Gasteiger partial charge in [-0.05, 0) is 129 Å². The Labute approximate surface area is 327 Å².